The summed E-state index contributed by atoms with van der Waals surface area (Å²) in [5.41, 5.74) is 4.57. The molecular formula is C17H17NO2. The predicted molar refractivity (Wildman–Crippen MR) is 80.7 cm³/mol. The highest BCUT2D eigenvalue weighted by molar-refractivity contribution is 5.76. The molecule has 0 aliphatic heterocycles. The number of benzene rings is 1. The molecule has 102 valence electrons. The zero-order valence-electron chi connectivity index (χ0n) is 11.9. The van der Waals surface area contributed by atoms with Crippen molar-refractivity contribution in [2.75, 3.05) is 14.2 Å². The van der Waals surface area contributed by atoms with E-state index in [4.69, 9.17) is 9.47 Å². The van der Waals surface area contributed by atoms with Crippen LogP contribution in [0.2, 0.25) is 0 Å². The molecule has 0 aliphatic carbocycles. The second kappa shape index (κ2) is 4.93. The summed E-state index contributed by atoms with van der Waals surface area (Å²) >= 11 is 0. The monoisotopic (exact) mass is 267 g/mol. The van der Waals surface area contributed by atoms with Crippen molar-refractivity contribution in [1.29, 1.82) is 0 Å². The molecule has 0 atom stereocenters. The van der Waals surface area contributed by atoms with Gasteiger partial charge in [-0.25, -0.2) is 0 Å². The van der Waals surface area contributed by atoms with Crippen molar-refractivity contribution in [2.24, 2.45) is 0 Å². The molecule has 0 bridgehead atoms. The molecule has 0 N–H and O–H groups in total. The van der Waals surface area contributed by atoms with Gasteiger partial charge in [-0.05, 0) is 48.9 Å². The van der Waals surface area contributed by atoms with E-state index in [0.717, 1.165) is 22.6 Å². The third-order valence-electron chi connectivity index (χ3n) is 3.47. The fourth-order valence-corrected chi connectivity index (χ4v) is 2.41. The second-order valence-corrected chi connectivity index (χ2v) is 4.83. The molecule has 1 aromatic carbocycles. The molecular weight excluding hydrogens is 250 g/mol. The number of methoxy groups -OCH3 is 2. The van der Waals surface area contributed by atoms with Crippen LogP contribution in [0.5, 0.6) is 11.5 Å². The third-order valence-corrected chi connectivity index (χ3v) is 3.47. The summed E-state index contributed by atoms with van der Waals surface area (Å²) in [4.78, 5) is 0. The van der Waals surface area contributed by atoms with Crippen LogP contribution in [-0.2, 0) is 0 Å². The fourth-order valence-electron chi connectivity index (χ4n) is 2.41. The zero-order valence-corrected chi connectivity index (χ0v) is 11.9. The van der Waals surface area contributed by atoms with Crippen molar-refractivity contribution in [3.8, 4) is 22.6 Å². The van der Waals surface area contributed by atoms with Crippen molar-refractivity contribution in [1.82, 2.24) is 4.40 Å². The number of nitrogens with zero attached hydrogens (tertiary/aromatic N) is 1. The van der Waals surface area contributed by atoms with Gasteiger partial charge in [0.15, 0.2) is 0 Å². The van der Waals surface area contributed by atoms with Crippen LogP contribution < -0.4 is 9.47 Å². The van der Waals surface area contributed by atoms with Gasteiger partial charge in [0.05, 0.1) is 14.2 Å². The Kier molecular flexibility index (Phi) is 3.11. The van der Waals surface area contributed by atoms with Crippen molar-refractivity contribution in [3.63, 3.8) is 0 Å². The third kappa shape index (κ3) is 2.11. The van der Waals surface area contributed by atoms with Crippen LogP contribution in [0, 0.1) is 6.92 Å². The molecule has 3 rings (SSSR count). The van der Waals surface area contributed by atoms with E-state index < -0.39 is 0 Å². The van der Waals surface area contributed by atoms with Gasteiger partial charge in [0, 0.05) is 29.0 Å². The Bertz CT molecular complexity index is 759. The average molecular weight is 267 g/mol. The standard InChI is InChI=1S/C17H17NO2/c1-12-6-7-18-11-13(9-14(18)8-12)16-10-15(19-2)4-5-17(16)20-3/h4-11H,1-3H3. The van der Waals surface area contributed by atoms with Crippen LogP contribution in [0.3, 0.4) is 0 Å². The van der Waals surface area contributed by atoms with Crippen LogP contribution in [0.4, 0.5) is 0 Å². The van der Waals surface area contributed by atoms with Crippen molar-refractivity contribution in [3.05, 3.63) is 54.4 Å². The Morgan fingerprint density at radius 2 is 1.80 bits per heavy atom. The Morgan fingerprint density at radius 1 is 0.950 bits per heavy atom. The van der Waals surface area contributed by atoms with E-state index in [1.165, 1.54) is 11.1 Å². The lowest BCUT2D eigenvalue weighted by molar-refractivity contribution is 0.404. The minimum absolute atomic E-state index is 0.826. The van der Waals surface area contributed by atoms with Crippen LogP contribution in [0.15, 0.2) is 48.8 Å². The maximum absolute atomic E-state index is 5.45. The van der Waals surface area contributed by atoms with Crippen molar-refractivity contribution >= 4 is 5.52 Å². The molecule has 3 aromatic rings. The highest BCUT2D eigenvalue weighted by Gasteiger charge is 2.10. The number of ether oxygens (including phenoxy) is 2. The molecule has 0 radical (unpaired) electrons. The molecule has 0 unspecified atom stereocenters. The zero-order chi connectivity index (χ0) is 14.1. The van der Waals surface area contributed by atoms with E-state index in [1.807, 2.05) is 18.2 Å². The quantitative estimate of drug-likeness (QED) is 0.717. The minimum Gasteiger partial charge on any atom is -0.497 e. The molecule has 0 spiro atoms. The maximum Gasteiger partial charge on any atom is 0.127 e. The number of aryl methyl sites for hydroxylation is 1. The number of hydrogen-bond acceptors (Lipinski definition) is 2. The Morgan fingerprint density at radius 3 is 2.55 bits per heavy atom. The van der Waals surface area contributed by atoms with Gasteiger partial charge >= 0.3 is 0 Å². The number of aromatic nitrogens is 1. The summed E-state index contributed by atoms with van der Waals surface area (Å²) in [6.07, 6.45) is 4.17. The first-order valence-corrected chi connectivity index (χ1v) is 6.52. The molecule has 0 saturated carbocycles. The first kappa shape index (κ1) is 12.6. The van der Waals surface area contributed by atoms with Gasteiger partial charge in [0.1, 0.15) is 11.5 Å². The van der Waals surface area contributed by atoms with Crippen LogP contribution >= 0.6 is 0 Å². The average Bonchev–Trinajstić information content (AvgIpc) is 2.89. The highest BCUT2D eigenvalue weighted by Crippen LogP contribution is 2.34. The van der Waals surface area contributed by atoms with Gasteiger partial charge in [-0.15, -0.1) is 0 Å². The first-order valence-electron chi connectivity index (χ1n) is 6.52. The van der Waals surface area contributed by atoms with Gasteiger partial charge in [-0.3, -0.25) is 0 Å². The molecule has 0 aliphatic rings. The Hall–Kier alpha value is -2.42. The lowest BCUT2D eigenvalue weighted by Crippen LogP contribution is -1.89. The molecule has 20 heavy (non-hydrogen) atoms. The fraction of sp³-hybridized carbons (Fsp3) is 0.176. The maximum atomic E-state index is 5.45. The van der Waals surface area contributed by atoms with Gasteiger partial charge in [-0.2, -0.15) is 0 Å². The summed E-state index contributed by atoms with van der Waals surface area (Å²) in [6, 6.07) is 12.3. The van der Waals surface area contributed by atoms with E-state index in [1.54, 1.807) is 14.2 Å². The van der Waals surface area contributed by atoms with E-state index in [-0.39, 0.29) is 0 Å². The molecule has 0 saturated heterocycles. The summed E-state index contributed by atoms with van der Waals surface area (Å²) in [6.45, 7) is 2.10. The normalized spacial score (nSPS) is 10.8. The Labute approximate surface area is 118 Å². The molecule has 3 nitrogen and oxygen atoms in total. The lowest BCUT2D eigenvalue weighted by atomic mass is 10.1. The van der Waals surface area contributed by atoms with Crippen molar-refractivity contribution in [2.45, 2.75) is 6.92 Å². The van der Waals surface area contributed by atoms with E-state index in [2.05, 4.69) is 41.9 Å². The van der Waals surface area contributed by atoms with E-state index in [0.29, 0.717) is 0 Å². The highest BCUT2D eigenvalue weighted by atomic mass is 16.5. The van der Waals surface area contributed by atoms with E-state index >= 15 is 0 Å². The summed E-state index contributed by atoms with van der Waals surface area (Å²) in [5, 5.41) is 0. The topological polar surface area (TPSA) is 22.9 Å². The molecule has 2 aromatic heterocycles. The number of pyridine rings is 1. The first-order chi connectivity index (χ1) is 9.71. The largest absolute Gasteiger partial charge is 0.497 e. The number of fused-ring (bicyclic) bond motifs is 1. The van der Waals surface area contributed by atoms with Crippen LogP contribution in [-0.4, -0.2) is 18.6 Å². The lowest BCUT2D eigenvalue weighted by Gasteiger charge is -2.08. The van der Waals surface area contributed by atoms with Crippen LogP contribution in [0.25, 0.3) is 16.6 Å². The van der Waals surface area contributed by atoms with Gasteiger partial charge in [0.25, 0.3) is 0 Å². The molecule has 2 heterocycles. The van der Waals surface area contributed by atoms with Crippen LogP contribution in [0.1, 0.15) is 5.56 Å². The number of hydrogen-bond donors (Lipinski definition) is 0. The smallest absolute Gasteiger partial charge is 0.127 e. The van der Waals surface area contributed by atoms with Gasteiger partial charge in [-0.1, -0.05) is 0 Å². The number of rotatable bonds is 3. The predicted octanol–water partition coefficient (Wildman–Crippen LogP) is 3.93. The summed E-state index contributed by atoms with van der Waals surface area (Å²) < 4.78 is 12.9. The van der Waals surface area contributed by atoms with Crippen molar-refractivity contribution < 1.29 is 9.47 Å². The van der Waals surface area contributed by atoms with Gasteiger partial charge < -0.3 is 13.9 Å². The summed E-state index contributed by atoms with van der Waals surface area (Å²) in [5.74, 6) is 1.67. The SMILES string of the molecule is COc1ccc(OC)c(-c2cc3cc(C)ccn3c2)c1. The molecule has 0 amide bonds. The molecule has 3 heteroatoms. The van der Waals surface area contributed by atoms with Gasteiger partial charge in [0.2, 0.25) is 0 Å². The minimum atomic E-state index is 0.826. The molecule has 0 fully saturated rings. The second-order valence-electron chi connectivity index (χ2n) is 4.83. The van der Waals surface area contributed by atoms with E-state index in [9.17, 15) is 0 Å². The Balaban J connectivity index is 2.18. The summed E-state index contributed by atoms with van der Waals surface area (Å²) in [7, 11) is 3.36.